The average molecular weight is 736 g/mol. The summed E-state index contributed by atoms with van der Waals surface area (Å²) in [6.45, 7) is 22.6. The lowest BCUT2D eigenvalue weighted by Crippen LogP contribution is -2.21. The third kappa shape index (κ3) is 6.59. The minimum atomic E-state index is -0.291. The quantitative estimate of drug-likeness (QED) is 0.164. The molecule has 0 saturated heterocycles. The molecule has 0 spiro atoms. The van der Waals surface area contributed by atoms with Crippen LogP contribution in [0.1, 0.15) is 89.0 Å². The van der Waals surface area contributed by atoms with E-state index < -0.39 is 0 Å². The molecule has 5 nitrogen and oxygen atoms in total. The molecule has 8 rings (SSSR count). The molecule has 8 aromatic rings. The van der Waals surface area contributed by atoms with Crippen LogP contribution in [0.3, 0.4) is 0 Å². The lowest BCUT2D eigenvalue weighted by molar-refractivity contribution is 0.588. The highest BCUT2D eigenvalue weighted by Crippen LogP contribution is 2.46. The summed E-state index contributed by atoms with van der Waals surface area (Å²) in [5.74, 6) is 0.922. The maximum Gasteiger partial charge on any atom is 0.137 e. The molecule has 282 valence electrons. The van der Waals surface area contributed by atoms with Crippen molar-refractivity contribution in [3.8, 4) is 11.5 Å². The molecule has 0 N–H and O–H groups in total. The molecule has 0 radical (unpaired) electrons. The fraction of sp³-hybridized carbons (Fsp3) is 0.255. The van der Waals surface area contributed by atoms with Gasteiger partial charge in [0, 0.05) is 45.1 Å². The van der Waals surface area contributed by atoms with Gasteiger partial charge in [-0.3, -0.25) is 4.57 Å². The van der Waals surface area contributed by atoms with Crippen LogP contribution in [0.5, 0.6) is 0 Å². The second-order valence-corrected chi connectivity index (χ2v) is 17.9. The van der Waals surface area contributed by atoms with Crippen molar-refractivity contribution in [2.45, 2.75) is 85.5 Å². The number of nitrogens with zero attached hydrogens (tertiary/aromatic N) is 5. The number of hydrogen-bond acceptors (Lipinski definition) is 3. The smallest absolute Gasteiger partial charge is 0.137 e. The van der Waals surface area contributed by atoms with Crippen molar-refractivity contribution in [1.82, 2.24) is 19.3 Å². The second-order valence-electron chi connectivity index (χ2n) is 17.9. The third-order valence-corrected chi connectivity index (χ3v) is 11.3. The molecule has 0 fully saturated rings. The topological polar surface area (TPSA) is 38.9 Å². The standard InChI is InChI=1S/C51H53N5/c1-34-27-35(2)56(53-34)42-29-38(51(9,10)36-19-13-11-14-20-36)28-40(31-42)54(39-21-15-12-16-22-39)41-32-44(50(6,7)8)48-43-23-17-18-24-45(43)55(46(48)33-41)47-30-37(25-26-52-47)49(3,4)5/h11-33H,1-10H3. The highest BCUT2D eigenvalue weighted by molar-refractivity contribution is 6.12. The van der Waals surface area contributed by atoms with Crippen LogP contribution in [0.25, 0.3) is 33.3 Å². The third-order valence-electron chi connectivity index (χ3n) is 11.3. The van der Waals surface area contributed by atoms with Crippen LogP contribution in [0.15, 0.2) is 140 Å². The monoisotopic (exact) mass is 735 g/mol. The molecule has 0 unspecified atom stereocenters. The first-order valence-electron chi connectivity index (χ1n) is 19.8. The zero-order valence-corrected chi connectivity index (χ0v) is 34.5. The summed E-state index contributed by atoms with van der Waals surface area (Å²) in [7, 11) is 0. The Morgan fingerprint density at radius 1 is 0.536 bits per heavy atom. The molecule has 0 aliphatic rings. The lowest BCUT2D eigenvalue weighted by atomic mass is 9.77. The SMILES string of the molecule is Cc1cc(C)n(-c2cc(N(c3ccccc3)c3cc(C(C)(C)C)c4c5ccccc5n(-c5cc(C(C)(C)C)ccn5)c4c3)cc(C(C)(C)c3ccccc3)c2)n1. The van der Waals surface area contributed by atoms with Gasteiger partial charge in [-0.05, 0) is 114 Å². The van der Waals surface area contributed by atoms with Crippen molar-refractivity contribution in [2.24, 2.45) is 0 Å². The van der Waals surface area contributed by atoms with E-state index in [0.29, 0.717) is 0 Å². The number of aromatic nitrogens is 4. The molecule has 0 saturated carbocycles. The normalized spacial score (nSPS) is 12.5. The number of aryl methyl sites for hydroxylation is 2. The first kappa shape index (κ1) is 37.0. The fourth-order valence-corrected chi connectivity index (χ4v) is 8.20. The van der Waals surface area contributed by atoms with Gasteiger partial charge in [0.05, 0.1) is 22.4 Å². The number of para-hydroxylation sites is 2. The van der Waals surface area contributed by atoms with E-state index >= 15 is 0 Å². The average Bonchev–Trinajstić information content (AvgIpc) is 3.70. The molecule has 5 aromatic carbocycles. The summed E-state index contributed by atoms with van der Waals surface area (Å²) in [6, 6.07) is 48.7. The Labute approximate surface area is 332 Å². The minimum absolute atomic E-state index is 0.0238. The zero-order valence-electron chi connectivity index (χ0n) is 34.5. The number of benzene rings is 5. The van der Waals surface area contributed by atoms with Crippen LogP contribution in [0.2, 0.25) is 0 Å². The highest BCUT2D eigenvalue weighted by atomic mass is 15.3. The first-order chi connectivity index (χ1) is 26.6. The summed E-state index contributed by atoms with van der Waals surface area (Å²) >= 11 is 0. The zero-order chi connectivity index (χ0) is 39.6. The van der Waals surface area contributed by atoms with Gasteiger partial charge in [0.25, 0.3) is 0 Å². The molecule has 0 bridgehead atoms. The van der Waals surface area contributed by atoms with Gasteiger partial charge in [0.15, 0.2) is 0 Å². The van der Waals surface area contributed by atoms with Gasteiger partial charge in [-0.1, -0.05) is 122 Å². The van der Waals surface area contributed by atoms with Crippen molar-refractivity contribution in [1.29, 1.82) is 0 Å². The molecule has 3 heterocycles. The van der Waals surface area contributed by atoms with Gasteiger partial charge in [0.2, 0.25) is 0 Å². The maximum atomic E-state index is 5.04. The predicted molar refractivity (Wildman–Crippen MR) is 236 cm³/mol. The van der Waals surface area contributed by atoms with Crippen LogP contribution >= 0.6 is 0 Å². The molecule has 5 heteroatoms. The summed E-state index contributed by atoms with van der Waals surface area (Å²) in [5, 5.41) is 7.48. The molecule has 0 amide bonds. The van der Waals surface area contributed by atoms with Crippen LogP contribution in [0, 0.1) is 13.8 Å². The molecule has 0 atom stereocenters. The fourth-order valence-electron chi connectivity index (χ4n) is 8.20. The van der Waals surface area contributed by atoms with Crippen LogP contribution in [-0.2, 0) is 16.2 Å². The van der Waals surface area contributed by atoms with Gasteiger partial charge in [-0.25, -0.2) is 9.67 Å². The van der Waals surface area contributed by atoms with Gasteiger partial charge in [-0.15, -0.1) is 0 Å². The molecule has 0 aliphatic heterocycles. The molecule has 3 aromatic heterocycles. The first-order valence-corrected chi connectivity index (χ1v) is 19.8. The number of rotatable bonds is 7. The molecular weight excluding hydrogens is 683 g/mol. The summed E-state index contributed by atoms with van der Waals surface area (Å²) < 4.78 is 4.46. The predicted octanol–water partition coefficient (Wildman–Crippen LogP) is 13.4. The van der Waals surface area contributed by atoms with Crippen molar-refractivity contribution in [3.05, 3.63) is 173 Å². The minimum Gasteiger partial charge on any atom is -0.310 e. The van der Waals surface area contributed by atoms with Crippen molar-refractivity contribution < 1.29 is 0 Å². The Morgan fingerprint density at radius 3 is 1.86 bits per heavy atom. The van der Waals surface area contributed by atoms with Crippen LogP contribution < -0.4 is 4.90 Å². The van der Waals surface area contributed by atoms with Gasteiger partial charge >= 0.3 is 0 Å². The van der Waals surface area contributed by atoms with E-state index in [1.165, 1.54) is 33.0 Å². The van der Waals surface area contributed by atoms with Gasteiger partial charge < -0.3 is 4.90 Å². The number of anilines is 3. The van der Waals surface area contributed by atoms with Crippen LogP contribution in [-0.4, -0.2) is 19.3 Å². The number of pyridine rings is 1. The van der Waals surface area contributed by atoms with Crippen molar-refractivity contribution in [2.75, 3.05) is 4.90 Å². The molecule has 56 heavy (non-hydrogen) atoms. The molecule has 0 aliphatic carbocycles. The van der Waals surface area contributed by atoms with E-state index in [4.69, 9.17) is 10.1 Å². The number of hydrogen-bond donors (Lipinski definition) is 0. The van der Waals surface area contributed by atoms with E-state index in [2.05, 4.69) is 217 Å². The van der Waals surface area contributed by atoms with E-state index in [1.54, 1.807) is 0 Å². The van der Waals surface area contributed by atoms with E-state index in [1.807, 2.05) is 6.20 Å². The van der Waals surface area contributed by atoms with Crippen molar-refractivity contribution >= 4 is 38.9 Å². The Bertz CT molecular complexity index is 2700. The highest BCUT2D eigenvalue weighted by Gasteiger charge is 2.29. The van der Waals surface area contributed by atoms with E-state index in [9.17, 15) is 0 Å². The molecular formula is C51H53N5. The van der Waals surface area contributed by atoms with E-state index in [-0.39, 0.29) is 16.2 Å². The van der Waals surface area contributed by atoms with Gasteiger partial charge in [0.1, 0.15) is 5.82 Å². The Morgan fingerprint density at radius 2 is 1.20 bits per heavy atom. The van der Waals surface area contributed by atoms with Crippen LogP contribution in [0.4, 0.5) is 17.1 Å². The van der Waals surface area contributed by atoms with E-state index in [0.717, 1.165) is 51.0 Å². The van der Waals surface area contributed by atoms with Gasteiger partial charge in [-0.2, -0.15) is 5.10 Å². The largest absolute Gasteiger partial charge is 0.310 e. The van der Waals surface area contributed by atoms with Crippen molar-refractivity contribution in [3.63, 3.8) is 0 Å². The Kier molecular flexibility index (Phi) is 9.03. The number of fused-ring (bicyclic) bond motifs is 3. The lowest BCUT2D eigenvalue weighted by Gasteiger charge is -2.32. The summed E-state index contributed by atoms with van der Waals surface area (Å²) in [5.41, 5.74) is 13.1. The Balaban J connectivity index is 1.47. The maximum absolute atomic E-state index is 5.04. The summed E-state index contributed by atoms with van der Waals surface area (Å²) in [4.78, 5) is 7.47. The second kappa shape index (κ2) is 13.7. The Hall–Kier alpha value is -5.94. The summed E-state index contributed by atoms with van der Waals surface area (Å²) in [6.07, 6.45) is 1.96.